The highest BCUT2D eigenvalue weighted by atomic mass is 16.4. The number of aromatic carboxylic acids is 2. The second-order valence-corrected chi connectivity index (χ2v) is 2.34. The first-order valence-corrected chi connectivity index (χ1v) is 3.32. The standard InChI is InChI=1S/C8H6O5.H3N/c9-6-3-4(7(10)11)1-2-5(6)8(12)13;/h1-3,9H,(H,10,11)(H,12,13);1H3. The van der Waals surface area contributed by atoms with E-state index in [-0.39, 0.29) is 17.3 Å². The Morgan fingerprint density at radius 2 is 1.64 bits per heavy atom. The molecular formula is C8H9NO5. The maximum Gasteiger partial charge on any atom is 0.339 e. The van der Waals surface area contributed by atoms with Crippen LogP contribution in [-0.4, -0.2) is 27.3 Å². The maximum atomic E-state index is 10.4. The molecular weight excluding hydrogens is 190 g/mol. The highest BCUT2D eigenvalue weighted by Crippen LogP contribution is 2.18. The third-order valence-corrected chi connectivity index (χ3v) is 1.48. The molecule has 6 heteroatoms. The van der Waals surface area contributed by atoms with E-state index < -0.39 is 17.7 Å². The van der Waals surface area contributed by atoms with Gasteiger partial charge in [-0.1, -0.05) is 0 Å². The van der Waals surface area contributed by atoms with Gasteiger partial charge in [0.05, 0.1) is 5.56 Å². The van der Waals surface area contributed by atoms with Crippen LogP contribution < -0.4 is 6.15 Å². The molecule has 6 nitrogen and oxygen atoms in total. The fourth-order valence-electron chi connectivity index (χ4n) is 0.846. The molecule has 0 aliphatic heterocycles. The summed E-state index contributed by atoms with van der Waals surface area (Å²) < 4.78 is 0. The summed E-state index contributed by atoms with van der Waals surface area (Å²) in [5, 5.41) is 26.0. The van der Waals surface area contributed by atoms with Crippen LogP contribution in [0.4, 0.5) is 0 Å². The first-order chi connectivity index (χ1) is 6.02. The number of rotatable bonds is 2. The van der Waals surface area contributed by atoms with Gasteiger partial charge in [0.15, 0.2) is 0 Å². The van der Waals surface area contributed by atoms with Crippen molar-refractivity contribution in [2.75, 3.05) is 0 Å². The van der Waals surface area contributed by atoms with Crippen LogP contribution in [0.1, 0.15) is 20.7 Å². The second-order valence-electron chi connectivity index (χ2n) is 2.34. The minimum Gasteiger partial charge on any atom is -0.507 e. The van der Waals surface area contributed by atoms with E-state index in [4.69, 9.17) is 15.3 Å². The zero-order valence-electron chi connectivity index (χ0n) is 7.10. The maximum absolute atomic E-state index is 10.4. The molecule has 0 heterocycles. The van der Waals surface area contributed by atoms with Crippen LogP contribution in [0, 0.1) is 0 Å². The Hall–Kier alpha value is -2.08. The van der Waals surface area contributed by atoms with E-state index in [9.17, 15) is 9.59 Å². The minimum absolute atomic E-state index is 0. The van der Waals surface area contributed by atoms with E-state index in [2.05, 4.69) is 0 Å². The van der Waals surface area contributed by atoms with Gasteiger partial charge in [0, 0.05) is 0 Å². The molecule has 0 atom stereocenters. The van der Waals surface area contributed by atoms with Gasteiger partial charge in [-0.25, -0.2) is 9.59 Å². The minimum atomic E-state index is -1.30. The van der Waals surface area contributed by atoms with E-state index >= 15 is 0 Å². The zero-order chi connectivity index (χ0) is 10.0. The molecule has 0 aliphatic rings. The molecule has 76 valence electrons. The number of aromatic hydroxyl groups is 1. The van der Waals surface area contributed by atoms with Crippen molar-refractivity contribution in [2.24, 2.45) is 0 Å². The van der Waals surface area contributed by atoms with E-state index in [0.29, 0.717) is 0 Å². The molecule has 0 saturated heterocycles. The summed E-state index contributed by atoms with van der Waals surface area (Å²) in [6.07, 6.45) is 0. The summed E-state index contributed by atoms with van der Waals surface area (Å²) in [4.78, 5) is 20.8. The summed E-state index contributed by atoms with van der Waals surface area (Å²) in [5.41, 5.74) is -0.465. The quantitative estimate of drug-likeness (QED) is 0.561. The first-order valence-electron chi connectivity index (χ1n) is 3.32. The van der Waals surface area contributed by atoms with Crippen molar-refractivity contribution in [1.29, 1.82) is 0 Å². The van der Waals surface area contributed by atoms with Gasteiger partial charge in [-0.3, -0.25) is 0 Å². The van der Waals surface area contributed by atoms with Gasteiger partial charge in [-0.2, -0.15) is 0 Å². The number of hydrogen-bond donors (Lipinski definition) is 4. The van der Waals surface area contributed by atoms with E-state index in [1.807, 2.05) is 0 Å². The molecule has 0 aromatic heterocycles. The largest absolute Gasteiger partial charge is 0.507 e. The van der Waals surface area contributed by atoms with Crippen LogP contribution in [-0.2, 0) is 0 Å². The van der Waals surface area contributed by atoms with Crippen LogP contribution in [0.3, 0.4) is 0 Å². The molecule has 0 radical (unpaired) electrons. The Balaban J connectivity index is 0.00000169. The van der Waals surface area contributed by atoms with Crippen LogP contribution >= 0.6 is 0 Å². The summed E-state index contributed by atoms with van der Waals surface area (Å²) in [6, 6.07) is 3.05. The SMILES string of the molecule is N.O=C(O)c1ccc(C(=O)O)c(O)c1. The monoisotopic (exact) mass is 199 g/mol. The van der Waals surface area contributed by atoms with Gasteiger partial charge in [-0.15, -0.1) is 0 Å². The predicted molar refractivity (Wildman–Crippen MR) is 47.0 cm³/mol. The highest BCUT2D eigenvalue weighted by Gasteiger charge is 2.11. The zero-order valence-corrected chi connectivity index (χ0v) is 7.10. The number of phenols is 1. The predicted octanol–water partition coefficient (Wildman–Crippen LogP) is 0.951. The van der Waals surface area contributed by atoms with E-state index in [1.54, 1.807) is 0 Å². The molecule has 0 amide bonds. The third-order valence-electron chi connectivity index (χ3n) is 1.48. The van der Waals surface area contributed by atoms with Crippen molar-refractivity contribution in [1.82, 2.24) is 6.15 Å². The van der Waals surface area contributed by atoms with Crippen LogP contribution in [0.2, 0.25) is 0 Å². The Bertz CT molecular complexity index is 374. The Morgan fingerprint density at radius 1 is 1.07 bits per heavy atom. The smallest absolute Gasteiger partial charge is 0.339 e. The molecule has 6 N–H and O–H groups in total. The lowest BCUT2D eigenvalue weighted by Gasteiger charge is -1.99. The lowest BCUT2D eigenvalue weighted by atomic mass is 10.1. The van der Waals surface area contributed by atoms with E-state index in [0.717, 1.165) is 18.2 Å². The normalized spacial score (nSPS) is 8.86. The van der Waals surface area contributed by atoms with Crippen molar-refractivity contribution in [3.05, 3.63) is 29.3 Å². The van der Waals surface area contributed by atoms with Gasteiger partial charge in [0.1, 0.15) is 11.3 Å². The Morgan fingerprint density at radius 3 is 2.00 bits per heavy atom. The summed E-state index contributed by atoms with van der Waals surface area (Å²) in [7, 11) is 0. The molecule has 1 aromatic carbocycles. The molecule has 1 aromatic rings. The number of carbonyl (C=O) groups is 2. The van der Waals surface area contributed by atoms with Gasteiger partial charge >= 0.3 is 11.9 Å². The molecule has 0 unspecified atom stereocenters. The fraction of sp³-hybridized carbons (Fsp3) is 0. The topological polar surface area (TPSA) is 130 Å². The highest BCUT2D eigenvalue weighted by molar-refractivity contribution is 5.94. The van der Waals surface area contributed by atoms with Crippen molar-refractivity contribution in [2.45, 2.75) is 0 Å². The van der Waals surface area contributed by atoms with Gasteiger partial charge in [-0.05, 0) is 18.2 Å². The van der Waals surface area contributed by atoms with Gasteiger partial charge in [0.2, 0.25) is 0 Å². The summed E-state index contributed by atoms with van der Waals surface area (Å²) in [5.74, 6) is -3.06. The van der Waals surface area contributed by atoms with Gasteiger partial charge < -0.3 is 21.5 Å². The van der Waals surface area contributed by atoms with Crippen molar-refractivity contribution >= 4 is 11.9 Å². The van der Waals surface area contributed by atoms with Crippen molar-refractivity contribution in [3.63, 3.8) is 0 Å². The molecule has 0 fully saturated rings. The number of carboxylic acid groups (broad SMARTS) is 2. The lowest BCUT2D eigenvalue weighted by Crippen LogP contribution is -2.00. The lowest BCUT2D eigenvalue weighted by molar-refractivity contribution is 0.0678. The van der Waals surface area contributed by atoms with Crippen molar-refractivity contribution in [3.8, 4) is 5.75 Å². The molecule has 0 saturated carbocycles. The Labute approximate surface area is 79.0 Å². The summed E-state index contributed by atoms with van der Waals surface area (Å²) in [6.45, 7) is 0. The fourth-order valence-corrected chi connectivity index (χ4v) is 0.846. The number of carboxylic acids is 2. The number of benzene rings is 1. The average Bonchev–Trinajstić information content (AvgIpc) is 2.03. The van der Waals surface area contributed by atoms with Crippen LogP contribution in [0.15, 0.2) is 18.2 Å². The summed E-state index contributed by atoms with van der Waals surface area (Å²) >= 11 is 0. The molecule has 0 bridgehead atoms. The number of hydrogen-bond acceptors (Lipinski definition) is 4. The molecule has 14 heavy (non-hydrogen) atoms. The Kier molecular flexibility index (Phi) is 3.61. The first kappa shape index (κ1) is 11.9. The second kappa shape index (κ2) is 4.24. The van der Waals surface area contributed by atoms with E-state index in [1.165, 1.54) is 0 Å². The molecule has 0 spiro atoms. The van der Waals surface area contributed by atoms with Gasteiger partial charge in [0.25, 0.3) is 0 Å². The average molecular weight is 199 g/mol. The van der Waals surface area contributed by atoms with Crippen molar-refractivity contribution < 1.29 is 24.9 Å². The molecule has 1 rings (SSSR count). The van der Waals surface area contributed by atoms with Crippen LogP contribution in [0.5, 0.6) is 5.75 Å². The van der Waals surface area contributed by atoms with Crippen LogP contribution in [0.25, 0.3) is 0 Å². The third kappa shape index (κ3) is 2.20. The molecule has 0 aliphatic carbocycles.